The molecule has 1 fully saturated rings. The summed E-state index contributed by atoms with van der Waals surface area (Å²) >= 11 is 5.74. The highest BCUT2D eigenvalue weighted by Crippen LogP contribution is 2.41. The highest BCUT2D eigenvalue weighted by molar-refractivity contribution is 7.80. The molecule has 5 nitrogen and oxygen atoms in total. The largest absolute Gasteiger partial charge is 0.497 e. The SMILES string of the molecule is CCn1cccc1[C@H]1[C@@H](c2ccccn2)NC(=S)N1c1ccc(OC)cc1. The number of hydrogen-bond acceptors (Lipinski definition) is 3. The molecule has 3 heterocycles. The fourth-order valence-corrected chi connectivity index (χ4v) is 4.01. The molecule has 0 aliphatic carbocycles. The first-order chi connectivity index (χ1) is 13.2. The van der Waals surface area contributed by atoms with Gasteiger partial charge < -0.3 is 19.5 Å². The molecule has 2 atom stereocenters. The third kappa shape index (κ3) is 3.17. The van der Waals surface area contributed by atoms with Gasteiger partial charge >= 0.3 is 0 Å². The lowest BCUT2D eigenvalue weighted by Gasteiger charge is -2.28. The van der Waals surface area contributed by atoms with Crippen molar-refractivity contribution in [2.24, 2.45) is 0 Å². The molecule has 0 saturated carbocycles. The van der Waals surface area contributed by atoms with E-state index in [2.05, 4.69) is 45.0 Å². The minimum atomic E-state index is -0.0269. The van der Waals surface area contributed by atoms with Gasteiger partial charge in [0, 0.05) is 30.3 Å². The lowest BCUT2D eigenvalue weighted by atomic mass is 10.0. The summed E-state index contributed by atoms with van der Waals surface area (Å²) in [4.78, 5) is 6.76. The number of aromatic nitrogens is 2. The monoisotopic (exact) mass is 378 g/mol. The second-order valence-electron chi connectivity index (χ2n) is 6.41. The first-order valence-corrected chi connectivity index (χ1v) is 9.43. The van der Waals surface area contributed by atoms with Crippen LogP contribution in [-0.4, -0.2) is 21.8 Å². The van der Waals surface area contributed by atoms with Crippen molar-refractivity contribution in [3.8, 4) is 5.75 Å². The van der Waals surface area contributed by atoms with Crippen LogP contribution in [0.25, 0.3) is 0 Å². The van der Waals surface area contributed by atoms with Crippen LogP contribution in [-0.2, 0) is 6.54 Å². The molecule has 1 saturated heterocycles. The van der Waals surface area contributed by atoms with Gasteiger partial charge in [0.2, 0.25) is 0 Å². The highest BCUT2D eigenvalue weighted by atomic mass is 32.1. The number of aryl methyl sites for hydroxylation is 1. The van der Waals surface area contributed by atoms with Gasteiger partial charge in [0.15, 0.2) is 5.11 Å². The van der Waals surface area contributed by atoms with Crippen molar-refractivity contribution in [2.75, 3.05) is 12.0 Å². The molecule has 0 spiro atoms. The first kappa shape index (κ1) is 17.5. The predicted octanol–water partition coefficient (Wildman–Crippen LogP) is 4.09. The average molecular weight is 379 g/mol. The highest BCUT2D eigenvalue weighted by Gasteiger charge is 2.41. The Morgan fingerprint density at radius 2 is 1.93 bits per heavy atom. The van der Waals surface area contributed by atoms with Crippen LogP contribution in [0, 0.1) is 0 Å². The maximum Gasteiger partial charge on any atom is 0.174 e. The van der Waals surface area contributed by atoms with Gasteiger partial charge in [-0.2, -0.15) is 0 Å². The summed E-state index contributed by atoms with van der Waals surface area (Å²) in [5.41, 5.74) is 3.21. The lowest BCUT2D eigenvalue weighted by molar-refractivity contribution is 0.415. The molecule has 1 N–H and O–H groups in total. The van der Waals surface area contributed by atoms with Crippen molar-refractivity contribution in [3.63, 3.8) is 0 Å². The third-order valence-electron chi connectivity index (χ3n) is 4.96. The Balaban J connectivity index is 1.81. The van der Waals surface area contributed by atoms with Crippen LogP contribution in [0.1, 0.15) is 30.4 Å². The molecule has 6 heteroatoms. The van der Waals surface area contributed by atoms with E-state index in [4.69, 9.17) is 17.0 Å². The number of nitrogens with one attached hydrogen (secondary N) is 1. The van der Waals surface area contributed by atoms with Crippen LogP contribution in [0.3, 0.4) is 0 Å². The summed E-state index contributed by atoms with van der Waals surface area (Å²) in [5.74, 6) is 0.826. The van der Waals surface area contributed by atoms with E-state index in [1.807, 2.05) is 48.7 Å². The van der Waals surface area contributed by atoms with Gasteiger partial charge in [-0.3, -0.25) is 4.98 Å². The number of hydrogen-bond donors (Lipinski definition) is 1. The van der Waals surface area contributed by atoms with Crippen LogP contribution < -0.4 is 15.0 Å². The Labute approximate surface area is 164 Å². The molecule has 138 valence electrons. The number of anilines is 1. The molecule has 3 aromatic rings. The molecule has 0 radical (unpaired) electrons. The van der Waals surface area contributed by atoms with Crippen LogP contribution in [0.5, 0.6) is 5.75 Å². The Morgan fingerprint density at radius 3 is 2.59 bits per heavy atom. The zero-order valence-corrected chi connectivity index (χ0v) is 16.2. The van der Waals surface area contributed by atoms with E-state index < -0.39 is 0 Å². The fraction of sp³-hybridized carbons (Fsp3) is 0.238. The summed E-state index contributed by atoms with van der Waals surface area (Å²) in [7, 11) is 1.67. The molecular weight excluding hydrogens is 356 g/mol. The molecule has 27 heavy (non-hydrogen) atoms. The quantitative estimate of drug-likeness (QED) is 0.678. The molecular formula is C21H22N4OS. The molecule has 2 aromatic heterocycles. The third-order valence-corrected chi connectivity index (χ3v) is 5.27. The van der Waals surface area contributed by atoms with Gasteiger partial charge in [-0.15, -0.1) is 0 Å². The van der Waals surface area contributed by atoms with Gasteiger partial charge in [-0.1, -0.05) is 6.07 Å². The minimum Gasteiger partial charge on any atom is -0.497 e. The van der Waals surface area contributed by atoms with Gasteiger partial charge in [0.05, 0.1) is 18.8 Å². The topological polar surface area (TPSA) is 42.3 Å². The van der Waals surface area contributed by atoms with Crippen molar-refractivity contribution in [2.45, 2.75) is 25.6 Å². The van der Waals surface area contributed by atoms with E-state index in [1.165, 1.54) is 5.69 Å². The zero-order valence-electron chi connectivity index (χ0n) is 15.4. The van der Waals surface area contributed by atoms with Crippen molar-refractivity contribution in [1.82, 2.24) is 14.9 Å². The number of methoxy groups -OCH3 is 1. The van der Waals surface area contributed by atoms with E-state index in [9.17, 15) is 0 Å². The van der Waals surface area contributed by atoms with Gasteiger partial charge in [0.25, 0.3) is 0 Å². The second kappa shape index (κ2) is 7.40. The molecule has 0 unspecified atom stereocenters. The standard InChI is InChI=1S/C21H22N4OS/c1-3-24-14-6-8-18(24)20-19(17-7-4-5-13-22-17)23-21(27)25(20)15-9-11-16(26-2)12-10-15/h4-14,19-20H,3H2,1-2H3,(H,23,27)/t19-,20+/m1/s1. The normalized spacial score (nSPS) is 19.2. The molecule has 0 amide bonds. The Morgan fingerprint density at radius 1 is 1.11 bits per heavy atom. The Bertz CT molecular complexity index is 923. The van der Waals surface area contributed by atoms with E-state index in [-0.39, 0.29) is 12.1 Å². The van der Waals surface area contributed by atoms with Crippen molar-refractivity contribution in [3.05, 3.63) is 78.4 Å². The van der Waals surface area contributed by atoms with Crippen molar-refractivity contribution in [1.29, 1.82) is 0 Å². The summed E-state index contributed by atoms with van der Waals surface area (Å²) in [6, 6.07) is 18.2. The molecule has 1 aliphatic rings. The Hall–Kier alpha value is -2.86. The van der Waals surface area contributed by atoms with E-state index in [1.54, 1.807) is 7.11 Å². The van der Waals surface area contributed by atoms with Gasteiger partial charge in [-0.25, -0.2) is 0 Å². The van der Waals surface area contributed by atoms with Crippen LogP contribution in [0.4, 0.5) is 5.69 Å². The number of nitrogens with zero attached hydrogens (tertiary/aromatic N) is 3. The number of benzene rings is 1. The van der Waals surface area contributed by atoms with Crippen molar-refractivity contribution < 1.29 is 4.74 Å². The van der Waals surface area contributed by atoms with E-state index >= 15 is 0 Å². The maximum atomic E-state index is 5.74. The molecule has 0 bridgehead atoms. The second-order valence-corrected chi connectivity index (χ2v) is 6.80. The smallest absolute Gasteiger partial charge is 0.174 e. The summed E-state index contributed by atoms with van der Waals surface area (Å²) in [6.07, 6.45) is 3.93. The lowest BCUT2D eigenvalue weighted by Crippen LogP contribution is -2.30. The number of pyridine rings is 1. The Kier molecular flexibility index (Phi) is 4.81. The van der Waals surface area contributed by atoms with E-state index in [0.29, 0.717) is 5.11 Å². The maximum absolute atomic E-state index is 5.74. The number of thiocarbonyl (C=S) groups is 1. The predicted molar refractivity (Wildman–Crippen MR) is 111 cm³/mol. The van der Waals surface area contributed by atoms with Gasteiger partial charge in [-0.05, 0) is 67.7 Å². The molecule has 1 aromatic carbocycles. The van der Waals surface area contributed by atoms with Crippen molar-refractivity contribution >= 4 is 23.0 Å². The molecule has 4 rings (SSSR count). The number of ether oxygens (including phenoxy) is 1. The van der Waals surface area contributed by atoms with Crippen LogP contribution in [0.2, 0.25) is 0 Å². The average Bonchev–Trinajstić information content (AvgIpc) is 3.32. The molecule has 1 aliphatic heterocycles. The number of rotatable bonds is 5. The van der Waals surface area contributed by atoms with Crippen LogP contribution in [0.15, 0.2) is 67.0 Å². The summed E-state index contributed by atoms with van der Waals surface area (Å²) in [6.45, 7) is 3.05. The van der Waals surface area contributed by atoms with Gasteiger partial charge in [0.1, 0.15) is 11.8 Å². The first-order valence-electron chi connectivity index (χ1n) is 9.02. The minimum absolute atomic E-state index is 0.00995. The zero-order chi connectivity index (χ0) is 18.8. The summed E-state index contributed by atoms with van der Waals surface area (Å²) in [5, 5.41) is 4.19. The van der Waals surface area contributed by atoms with Crippen LogP contribution >= 0.6 is 12.2 Å². The van der Waals surface area contributed by atoms with E-state index in [0.717, 1.165) is 23.7 Å². The fourth-order valence-electron chi connectivity index (χ4n) is 3.66. The summed E-state index contributed by atoms with van der Waals surface area (Å²) < 4.78 is 7.56.